The number of morpholine rings is 1. The molecule has 6 heteroatoms. The van der Waals surface area contributed by atoms with Crippen LogP contribution in [0.2, 0.25) is 0 Å². The zero-order valence-electron chi connectivity index (χ0n) is 14.5. The summed E-state index contributed by atoms with van der Waals surface area (Å²) in [5, 5.41) is 0. The van der Waals surface area contributed by atoms with E-state index in [0.29, 0.717) is 32.8 Å². The average molecular weight is 344 g/mol. The van der Waals surface area contributed by atoms with Crippen molar-refractivity contribution in [3.05, 3.63) is 35.4 Å². The summed E-state index contributed by atoms with van der Waals surface area (Å²) in [6.45, 7) is 5.01. The Morgan fingerprint density at radius 2 is 2.20 bits per heavy atom. The fourth-order valence-electron chi connectivity index (χ4n) is 4.05. The van der Waals surface area contributed by atoms with Crippen LogP contribution in [0.4, 0.5) is 0 Å². The van der Waals surface area contributed by atoms with Crippen molar-refractivity contribution in [1.29, 1.82) is 0 Å². The third kappa shape index (κ3) is 3.28. The van der Waals surface area contributed by atoms with Crippen LogP contribution in [-0.4, -0.2) is 66.7 Å². The highest BCUT2D eigenvalue weighted by atomic mass is 16.5. The Labute approximate surface area is 147 Å². The molecule has 25 heavy (non-hydrogen) atoms. The molecule has 3 aliphatic heterocycles. The number of carbonyl (C=O) groups is 2. The number of nitrogens with zero attached hydrogens (tertiary/aromatic N) is 2. The van der Waals surface area contributed by atoms with Gasteiger partial charge in [0.25, 0.3) is 0 Å². The fraction of sp³-hybridized carbons (Fsp3) is 0.579. The molecular formula is C19H24N2O4. The Morgan fingerprint density at radius 3 is 2.96 bits per heavy atom. The lowest BCUT2D eigenvalue weighted by Crippen LogP contribution is -2.53. The lowest BCUT2D eigenvalue weighted by atomic mass is 10.1. The topological polar surface area (TPSA) is 59.1 Å². The Balaban J connectivity index is 1.48. The van der Waals surface area contributed by atoms with Gasteiger partial charge in [0.05, 0.1) is 24.7 Å². The van der Waals surface area contributed by atoms with Crippen LogP contribution < -0.4 is 0 Å². The summed E-state index contributed by atoms with van der Waals surface area (Å²) in [5.74, 6) is 0.0980. The van der Waals surface area contributed by atoms with E-state index >= 15 is 0 Å². The molecule has 6 nitrogen and oxygen atoms in total. The Kier molecular flexibility index (Phi) is 4.48. The van der Waals surface area contributed by atoms with Gasteiger partial charge in [-0.3, -0.25) is 9.59 Å². The molecule has 2 amide bonds. The number of ether oxygens (including phenoxy) is 2. The molecule has 3 saturated heterocycles. The number of fused-ring (bicyclic) bond motifs is 1. The number of rotatable bonds is 3. The minimum Gasteiger partial charge on any atom is -0.381 e. The van der Waals surface area contributed by atoms with Crippen molar-refractivity contribution >= 4 is 11.8 Å². The summed E-state index contributed by atoms with van der Waals surface area (Å²) < 4.78 is 11.1. The van der Waals surface area contributed by atoms with Gasteiger partial charge in [0.1, 0.15) is 6.61 Å². The zero-order valence-corrected chi connectivity index (χ0v) is 14.5. The molecule has 134 valence electrons. The average Bonchev–Trinajstić information content (AvgIpc) is 3.26. The van der Waals surface area contributed by atoms with E-state index in [1.54, 1.807) is 0 Å². The largest absolute Gasteiger partial charge is 0.381 e. The predicted molar refractivity (Wildman–Crippen MR) is 90.8 cm³/mol. The third-order valence-corrected chi connectivity index (χ3v) is 5.40. The highest BCUT2D eigenvalue weighted by Crippen LogP contribution is 2.27. The second-order valence-electron chi connectivity index (χ2n) is 7.23. The standard InChI is InChI=1S/C19H24N2O4/c1-13-3-2-4-14(7-13)8-21-16-9-20(10-17(16)25-12-18(21)22)19(23)15-5-6-24-11-15/h2-4,7,15-17H,5-6,8-12H2,1H3/t15?,16-,17-/m1/s1. The van der Waals surface area contributed by atoms with Crippen molar-refractivity contribution < 1.29 is 19.1 Å². The first kappa shape index (κ1) is 16.5. The van der Waals surface area contributed by atoms with Crippen molar-refractivity contribution in [2.24, 2.45) is 5.92 Å². The smallest absolute Gasteiger partial charge is 0.249 e. The molecule has 3 heterocycles. The maximum absolute atomic E-state index is 12.7. The van der Waals surface area contributed by atoms with Gasteiger partial charge in [-0.15, -0.1) is 0 Å². The second kappa shape index (κ2) is 6.77. The van der Waals surface area contributed by atoms with Crippen molar-refractivity contribution in [3.63, 3.8) is 0 Å². The minimum absolute atomic E-state index is 0.00116. The SMILES string of the molecule is Cc1cccc(CN2C(=O)CO[C@@H]3CN(C(=O)C4CCOC4)C[C@H]32)c1. The molecule has 4 rings (SSSR count). The van der Waals surface area contributed by atoms with Gasteiger partial charge in [-0.05, 0) is 18.9 Å². The molecule has 1 aromatic rings. The molecule has 3 fully saturated rings. The highest BCUT2D eigenvalue weighted by molar-refractivity contribution is 5.81. The van der Waals surface area contributed by atoms with E-state index in [0.717, 1.165) is 12.0 Å². The van der Waals surface area contributed by atoms with Gasteiger partial charge < -0.3 is 19.3 Å². The summed E-state index contributed by atoms with van der Waals surface area (Å²) >= 11 is 0. The van der Waals surface area contributed by atoms with Crippen molar-refractivity contribution in [3.8, 4) is 0 Å². The summed E-state index contributed by atoms with van der Waals surface area (Å²) in [6.07, 6.45) is 0.700. The van der Waals surface area contributed by atoms with Crippen LogP contribution in [0.1, 0.15) is 17.5 Å². The molecule has 0 aromatic heterocycles. The molecule has 0 radical (unpaired) electrons. The summed E-state index contributed by atoms with van der Waals surface area (Å²) in [6, 6.07) is 8.14. The van der Waals surface area contributed by atoms with Gasteiger partial charge in [0, 0.05) is 26.2 Å². The molecular weight excluding hydrogens is 320 g/mol. The molecule has 1 unspecified atom stereocenters. The van der Waals surface area contributed by atoms with Gasteiger partial charge in [0.15, 0.2) is 0 Å². The molecule has 0 spiro atoms. The minimum atomic E-state index is -0.0891. The summed E-state index contributed by atoms with van der Waals surface area (Å²) in [4.78, 5) is 28.9. The Hall–Kier alpha value is -1.92. The third-order valence-electron chi connectivity index (χ3n) is 5.40. The second-order valence-corrected chi connectivity index (χ2v) is 7.23. The van der Waals surface area contributed by atoms with E-state index in [-0.39, 0.29) is 36.5 Å². The number of hydrogen-bond donors (Lipinski definition) is 0. The number of aryl methyl sites for hydroxylation is 1. The van der Waals surface area contributed by atoms with Crippen LogP contribution in [0.3, 0.4) is 0 Å². The number of benzene rings is 1. The monoisotopic (exact) mass is 344 g/mol. The van der Waals surface area contributed by atoms with Gasteiger partial charge in [0.2, 0.25) is 11.8 Å². The van der Waals surface area contributed by atoms with Gasteiger partial charge in [-0.1, -0.05) is 29.8 Å². The van der Waals surface area contributed by atoms with E-state index < -0.39 is 0 Å². The molecule has 3 atom stereocenters. The molecule has 0 saturated carbocycles. The van der Waals surface area contributed by atoms with Crippen molar-refractivity contribution in [2.45, 2.75) is 32.0 Å². The van der Waals surface area contributed by atoms with Gasteiger partial charge in [-0.25, -0.2) is 0 Å². The zero-order chi connectivity index (χ0) is 17.4. The first-order valence-corrected chi connectivity index (χ1v) is 8.95. The molecule has 0 N–H and O–H groups in total. The Morgan fingerprint density at radius 1 is 1.32 bits per heavy atom. The van der Waals surface area contributed by atoms with Crippen molar-refractivity contribution in [2.75, 3.05) is 32.9 Å². The summed E-state index contributed by atoms with van der Waals surface area (Å²) in [5.41, 5.74) is 2.29. The molecule has 3 aliphatic rings. The normalized spacial score (nSPS) is 29.2. The lowest BCUT2D eigenvalue weighted by molar-refractivity contribution is -0.153. The quantitative estimate of drug-likeness (QED) is 0.820. The molecule has 0 bridgehead atoms. The maximum Gasteiger partial charge on any atom is 0.249 e. The van der Waals surface area contributed by atoms with Gasteiger partial charge >= 0.3 is 0 Å². The van der Waals surface area contributed by atoms with Gasteiger partial charge in [-0.2, -0.15) is 0 Å². The fourth-order valence-corrected chi connectivity index (χ4v) is 4.05. The first-order valence-electron chi connectivity index (χ1n) is 8.95. The van der Waals surface area contributed by atoms with Crippen LogP contribution in [0.15, 0.2) is 24.3 Å². The first-order chi connectivity index (χ1) is 12.1. The number of amides is 2. The van der Waals surface area contributed by atoms with Crippen LogP contribution in [0, 0.1) is 12.8 Å². The van der Waals surface area contributed by atoms with Crippen LogP contribution in [-0.2, 0) is 25.6 Å². The van der Waals surface area contributed by atoms with E-state index in [4.69, 9.17) is 9.47 Å². The van der Waals surface area contributed by atoms with Crippen molar-refractivity contribution in [1.82, 2.24) is 9.80 Å². The highest BCUT2D eigenvalue weighted by Gasteiger charge is 2.45. The predicted octanol–water partition coefficient (Wildman–Crippen LogP) is 0.970. The van der Waals surface area contributed by atoms with E-state index in [1.165, 1.54) is 5.56 Å². The molecule has 1 aromatic carbocycles. The number of carbonyl (C=O) groups excluding carboxylic acids is 2. The Bertz CT molecular complexity index is 671. The van der Waals surface area contributed by atoms with E-state index in [2.05, 4.69) is 6.07 Å². The maximum atomic E-state index is 12.7. The number of hydrogen-bond acceptors (Lipinski definition) is 4. The van der Waals surface area contributed by atoms with E-state index in [9.17, 15) is 9.59 Å². The van der Waals surface area contributed by atoms with Crippen LogP contribution >= 0.6 is 0 Å². The van der Waals surface area contributed by atoms with Crippen LogP contribution in [0.5, 0.6) is 0 Å². The number of likely N-dealkylation sites (tertiary alicyclic amines) is 1. The van der Waals surface area contributed by atoms with Crippen LogP contribution in [0.25, 0.3) is 0 Å². The summed E-state index contributed by atoms with van der Waals surface area (Å²) in [7, 11) is 0. The van der Waals surface area contributed by atoms with E-state index in [1.807, 2.05) is 34.9 Å². The lowest BCUT2D eigenvalue weighted by Gasteiger charge is -2.36. The molecule has 0 aliphatic carbocycles.